The summed E-state index contributed by atoms with van der Waals surface area (Å²) < 4.78 is 42.1. The van der Waals surface area contributed by atoms with Crippen LogP contribution in [0.4, 0.5) is 29.7 Å². The van der Waals surface area contributed by atoms with Gasteiger partial charge >= 0.3 is 12.2 Å². The van der Waals surface area contributed by atoms with Crippen LogP contribution >= 0.6 is 0 Å². The topological polar surface area (TPSA) is 108 Å². The fourth-order valence-electron chi connectivity index (χ4n) is 4.12. The van der Waals surface area contributed by atoms with E-state index in [2.05, 4.69) is 25.7 Å². The molecule has 0 atom stereocenters. The van der Waals surface area contributed by atoms with E-state index in [0.29, 0.717) is 38.3 Å². The van der Waals surface area contributed by atoms with Crippen molar-refractivity contribution in [2.24, 2.45) is 0 Å². The number of alkyl halides is 3. The summed E-state index contributed by atoms with van der Waals surface area (Å²) in [6.07, 6.45) is -2.12. The van der Waals surface area contributed by atoms with E-state index in [0.717, 1.165) is 5.69 Å². The van der Waals surface area contributed by atoms with Gasteiger partial charge in [0.25, 0.3) is 0 Å². The Morgan fingerprint density at radius 3 is 2.71 bits per heavy atom. The van der Waals surface area contributed by atoms with E-state index in [1.54, 1.807) is 10.7 Å². The van der Waals surface area contributed by atoms with Crippen molar-refractivity contribution >= 4 is 17.8 Å². The number of carbonyl (C=O) groups is 1. The molecule has 3 N–H and O–H groups in total. The molecule has 0 unspecified atom stereocenters. The Bertz CT molecular complexity index is 999. The summed E-state index contributed by atoms with van der Waals surface area (Å²) in [6.45, 7) is 1.35. The van der Waals surface area contributed by atoms with Crippen LogP contribution in [-0.2, 0) is 18.5 Å². The maximum Gasteiger partial charge on any atom is 0.399 e. The fraction of sp³-hybridized carbons (Fsp3) is 0.579. The van der Waals surface area contributed by atoms with Crippen LogP contribution in [0.2, 0.25) is 0 Å². The number of aliphatic hydroxyl groups excluding tert-OH is 1. The molecule has 31 heavy (non-hydrogen) atoms. The standard InChI is InChI=1S/C19H22F3N7O2/c20-19(21,22)18(2-3-18)14-1-4-23-16(25-14)28-5-6-29-12(10-28)9-15(27-29)26-17(31)24-11-7-13(30)8-11/h1,4,9,11,13,30H,2-3,5-8,10H2,(H2,24,26,27,31). The van der Waals surface area contributed by atoms with Crippen LogP contribution in [0.3, 0.4) is 0 Å². The summed E-state index contributed by atoms with van der Waals surface area (Å²) in [5.74, 6) is 0.647. The van der Waals surface area contributed by atoms with Gasteiger partial charge in [-0.3, -0.25) is 10.00 Å². The van der Waals surface area contributed by atoms with E-state index in [1.807, 2.05) is 4.90 Å². The lowest BCUT2D eigenvalue weighted by molar-refractivity contribution is -0.161. The number of carbonyl (C=O) groups excluding carboxylic acids is 1. The van der Waals surface area contributed by atoms with E-state index < -0.39 is 11.6 Å². The quantitative estimate of drug-likeness (QED) is 0.675. The predicted octanol–water partition coefficient (Wildman–Crippen LogP) is 1.93. The highest BCUT2D eigenvalue weighted by atomic mass is 19.4. The second kappa shape index (κ2) is 7.08. The maximum atomic E-state index is 13.4. The van der Waals surface area contributed by atoms with Gasteiger partial charge in [0.2, 0.25) is 5.95 Å². The van der Waals surface area contributed by atoms with Gasteiger partial charge in [0.05, 0.1) is 30.6 Å². The number of fused-ring (bicyclic) bond motifs is 1. The second-order valence-corrected chi connectivity index (χ2v) is 8.41. The summed E-state index contributed by atoms with van der Waals surface area (Å²) >= 11 is 0. The smallest absolute Gasteiger partial charge is 0.393 e. The zero-order valence-corrected chi connectivity index (χ0v) is 16.6. The first-order valence-corrected chi connectivity index (χ1v) is 10.2. The molecular formula is C19H22F3N7O2. The largest absolute Gasteiger partial charge is 0.399 e. The maximum absolute atomic E-state index is 13.4. The number of amides is 2. The lowest BCUT2D eigenvalue weighted by atomic mass is 9.90. The summed E-state index contributed by atoms with van der Waals surface area (Å²) in [5.41, 5.74) is -1.03. The van der Waals surface area contributed by atoms with Crippen molar-refractivity contribution in [1.82, 2.24) is 25.1 Å². The van der Waals surface area contributed by atoms with Crippen LogP contribution in [0, 0.1) is 0 Å². The molecular weight excluding hydrogens is 415 g/mol. The molecule has 0 saturated heterocycles. The number of hydrogen-bond donors (Lipinski definition) is 3. The Hall–Kier alpha value is -2.89. The molecule has 5 rings (SSSR count). The third-order valence-corrected chi connectivity index (χ3v) is 6.20. The van der Waals surface area contributed by atoms with Gasteiger partial charge in [-0.2, -0.15) is 18.3 Å². The molecule has 2 fully saturated rings. The number of halogens is 3. The number of nitrogens with zero attached hydrogens (tertiary/aromatic N) is 5. The van der Waals surface area contributed by atoms with Gasteiger partial charge in [0.1, 0.15) is 5.41 Å². The summed E-state index contributed by atoms with van der Waals surface area (Å²) in [7, 11) is 0. The molecule has 2 aromatic heterocycles. The molecule has 166 valence electrons. The Morgan fingerprint density at radius 2 is 2.03 bits per heavy atom. The van der Waals surface area contributed by atoms with Gasteiger partial charge in [-0.25, -0.2) is 14.8 Å². The van der Waals surface area contributed by atoms with Crippen molar-refractivity contribution in [3.63, 3.8) is 0 Å². The summed E-state index contributed by atoms with van der Waals surface area (Å²) in [4.78, 5) is 22.3. The summed E-state index contributed by atoms with van der Waals surface area (Å²) in [6, 6.07) is 2.64. The van der Waals surface area contributed by atoms with Crippen molar-refractivity contribution in [1.29, 1.82) is 0 Å². The Labute approximate surface area is 175 Å². The molecule has 0 radical (unpaired) electrons. The van der Waals surface area contributed by atoms with Crippen LogP contribution in [0.1, 0.15) is 37.1 Å². The third kappa shape index (κ3) is 3.68. The minimum atomic E-state index is -4.32. The molecule has 2 saturated carbocycles. The van der Waals surface area contributed by atoms with E-state index in [9.17, 15) is 23.1 Å². The number of anilines is 2. The van der Waals surface area contributed by atoms with Gasteiger partial charge in [0, 0.05) is 24.8 Å². The Kier molecular flexibility index (Phi) is 4.57. The van der Waals surface area contributed by atoms with E-state index in [1.165, 1.54) is 12.3 Å². The average Bonchev–Trinajstić information content (AvgIpc) is 3.42. The number of aromatic nitrogens is 4. The number of nitrogens with one attached hydrogen (secondary N) is 2. The summed E-state index contributed by atoms with van der Waals surface area (Å²) in [5, 5.41) is 19.1. The van der Waals surface area contributed by atoms with Crippen LogP contribution in [0.15, 0.2) is 18.3 Å². The van der Waals surface area contributed by atoms with Crippen LogP contribution in [-0.4, -0.2) is 55.8 Å². The van der Waals surface area contributed by atoms with Crippen molar-refractivity contribution in [3.8, 4) is 0 Å². The number of hydrogen-bond acceptors (Lipinski definition) is 6. The molecule has 9 nitrogen and oxygen atoms in total. The molecule has 0 bridgehead atoms. The molecule has 0 aromatic carbocycles. The van der Waals surface area contributed by atoms with Gasteiger partial charge < -0.3 is 15.3 Å². The zero-order chi connectivity index (χ0) is 21.8. The van der Waals surface area contributed by atoms with E-state index >= 15 is 0 Å². The lowest BCUT2D eigenvalue weighted by Crippen LogP contribution is -2.48. The molecule has 3 heterocycles. The SMILES string of the molecule is O=C(Nc1cc2n(n1)CCN(c1nccc(C3(C(F)(F)F)CC3)n1)C2)NC1CC(O)C1. The predicted molar refractivity (Wildman–Crippen MR) is 103 cm³/mol. The number of aliphatic hydroxyl groups is 1. The molecule has 1 aliphatic heterocycles. The first-order valence-electron chi connectivity index (χ1n) is 10.2. The highest BCUT2D eigenvalue weighted by Crippen LogP contribution is 2.58. The number of rotatable bonds is 4. The van der Waals surface area contributed by atoms with Gasteiger partial charge in [-0.1, -0.05) is 0 Å². The van der Waals surface area contributed by atoms with E-state index in [-0.39, 0.29) is 42.7 Å². The average molecular weight is 437 g/mol. The second-order valence-electron chi connectivity index (χ2n) is 8.41. The number of urea groups is 1. The van der Waals surface area contributed by atoms with Crippen molar-refractivity contribution in [2.75, 3.05) is 16.8 Å². The fourth-order valence-corrected chi connectivity index (χ4v) is 4.12. The third-order valence-electron chi connectivity index (χ3n) is 6.20. The van der Waals surface area contributed by atoms with Crippen molar-refractivity contribution < 1.29 is 23.1 Å². The monoisotopic (exact) mass is 437 g/mol. The first kappa shape index (κ1) is 20.0. The van der Waals surface area contributed by atoms with Crippen LogP contribution in [0.5, 0.6) is 0 Å². The van der Waals surface area contributed by atoms with Crippen molar-refractivity contribution in [3.05, 3.63) is 29.7 Å². The molecule has 2 amide bonds. The van der Waals surface area contributed by atoms with Crippen molar-refractivity contribution in [2.45, 2.75) is 62.5 Å². The normalized spacial score (nSPS) is 24.2. The van der Waals surface area contributed by atoms with Gasteiger partial charge in [-0.15, -0.1) is 0 Å². The van der Waals surface area contributed by atoms with Crippen LogP contribution in [0.25, 0.3) is 0 Å². The first-order chi connectivity index (χ1) is 14.7. The highest BCUT2D eigenvalue weighted by molar-refractivity contribution is 5.88. The molecule has 12 heteroatoms. The van der Waals surface area contributed by atoms with Crippen LogP contribution < -0.4 is 15.5 Å². The molecule has 2 aromatic rings. The molecule has 3 aliphatic rings. The molecule has 0 spiro atoms. The molecule has 2 aliphatic carbocycles. The Morgan fingerprint density at radius 1 is 1.26 bits per heavy atom. The minimum Gasteiger partial charge on any atom is -0.393 e. The van der Waals surface area contributed by atoms with Gasteiger partial charge in [0.15, 0.2) is 5.82 Å². The lowest BCUT2D eigenvalue weighted by Gasteiger charge is -2.31. The van der Waals surface area contributed by atoms with Gasteiger partial charge in [-0.05, 0) is 31.7 Å². The Balaban J connectivity index is 1.26. The van der Waals surface area contributed by atoms with E-state index in [4.69, 9.17) is 0 Å². The highest BCUT2D eigenvalue weighted by Gasteiger charge is 2.65. The minimum absolute atomic E-state index is 0.0178. The zero-order valence-electron chi connectivity index (χ0n) is 16.6.